The van der Waals surface area contributed by atoms with Crippen LogP contribution in [0.3, 0.4) is 0 Å². The van der Waals surface area contributed by atoms with Crippen LogP contribution in [0.4, 0.5) is 0 Å². The summed E-state index contributed by atoms with van der Waals surface area (Å²) in [5.41, 5.74) is 0.622. The molecular formula is C12H22O3. The number of aldehydes is 1. The second kappa shape index (κ2) is 11.0. The summed E-state index contributed by atoms with van der Waals surface area (Å²) >= 11 is 0. The fourth-order valence-electron chi connectivity index (χ4n) is 0.733. The van der Waals surface area contributed by atoms with E-state index in [1.165, 1.54) is 0 Å². The monoisotopic (exact) mass is 214 g/mol. The average Bonchev–Trinajstić information content (AvgIpc) is 2.30. The van der Waals surface area contributed by atoms with Crippen LogP contribution in [-0.2, 0) is 14.3 Å². The molecule has 0 heterocycles. The third-order valence-electron chi connectivity index (χ3n) is 1.56. The number of hydrogen-bond donors (Lipinski definition) is 0. The summed E-state index contributed by atoms with van der Waals surface area (Å²) in [4.78, 5) is 10.3. The summed E-state index contributed by atoms with van der Waals surface area (Å²) in [7, 11) is 3.17. The number of ether oxygens (including phenoxy) is 2. The van der Waals surface area contributed by atoms with E-state index in [9.17, 15) is 4.79 Å². The van der Waals surface area contributed by atoms with E-state index in [2.05, 4.69) is 0 Å². The SMILES string of the molecule is CC.COC(/C=C(\C)C=O)=C/C(C)OC. The highest BCUT2D eigenvalue weighted by Crippen LogP contribution is 2.04. The van der Waals surface area contributed by atoms with Crippen LogP contribution in [0.25, 0.3) is 0 Å². The van der Waals surface area contributed by atoms with Crippen LogP contribution >= 0.6 is 0 Å². The minimum Gasteiger partial charge on any atom is -0.497 e. The highest BCUT2D eigenvalue weighted by Gasteiger charge is 1.98. The molecule has 0 bridgehead atoms. The van der Waals surface area contributed by atoms with E-state index in [-0.39, 0.29) is 6.10 Å². The zero-order chi connectivity index (χ0) is 12.3. The van der Waals surface area contributed by atoms with Crippen molar-refractivity contribution in [1.82, 2.24) is 0 Å². The Bertz CT molecular complexity index is 217. The normalized spacial score (nSPS) is 13.7. The molecule has 0 rings (SSSR count). The van der Waals surface area contributed by atoms with Gasteiger partial charge >= 0.3 is 0 Å². The van der Waals surface area contributed by atoms with Crippen LogP contribution in [0, 0.1) is 0 Å². The Morgan fingerprint density at radius 1 is 1.27 bits per heavy atom. The maximum atomic E-state index is 10.3. The maximum Gasteiger partial charge on any atom is 0.145 e. The summed E-state index contributed by atoms with van der Waals surface area (Å²) < 4.78 is 10.1. The summed E-state index contributed by atoms with van der Waals surface area (Å²) in [6.07, 6.45) is 4.23. The summed E-state index contributed by atoms with van der Waals surface area (Å²) in [5.74, 6) is 0.638. The van der Waals surface area contributed by atoms with Crippen LogP contribution < -0.4 is 0 Å². The Morgan fingerprint density at radius 2 is 1.80 bits per heavy atom. The van der Waals surface area contributed by atoms with Crippen LogP contribution in [-0.4, -0.2) is 26.6 Å². The van der Waals surface area contributed by atoms with Crippen molar-refractivity contribution in [3.05, 3.63) is 23.5 Å². The molecule has 0 amide bonds. The third-order valence-corrected chi connectivity index (χ3v) is 1.56. The highest BCUT2D eigenvalue weighted by molar-refractivity contribution is 5.72. The summed E-state index contributed by atoms with van der Waals surface area (Å²) in [6, 6.07) is 0. The van der Waals surface area contributed by atoms with Gasteiger partial charge in [0.2, 0.25) is 0 Å². The van der Waals surface area contributed by atoms with Crippen molar-refractivity contribution < 1.29 is 14.3 Å². The third kappa shape index (κ3) is 9.22. The molecule has 0 aromatic carbocycles. The molecule has 0 spiro atoms. The predicted molar refractivity (Wildman–Crippen MR) is 62.7 cm³/mol. The van der Waals surface area contributed by atoms with Crippen LogP contribution in [0.1, 0.15) is 27.7 Å². The van der Waals surface area contributed by atoms with Crippen molar-refractivity contribution in [3.8, 4) is 0 Å². The van der Waals surface area contributed by atoms with Gasteiger partial charge < -0.3 is 9.47 Å². The Balaban J connectivity index is 0. The molecule has 0 aliphatic heterocycles. The van der Waals surface area contributed by atoms with Gasteiger partial charge in [-0.2, -0.15) is 0 Å². The lowest BCUT2D eigenvalue weighted by Crippen LogP contribution is -2.01. The van der Waals surface area contributed by atoms with Gasteiger partial charge in [0.15, 0.2) is 0 Å². The Labute approximate surface area is 92.8 Å². The topological polar surface area (TPSA) is 35.5 Å². The molecule has 15 heavy (non-hydrogen) atoms. The van der Waals surface area contributed by atoms with E-state index in [1.807, 2.05) is 20.8 Å². The second-order valence-corrected chi connectivity index (χ2v) is 2.72. The van der Waals surface area contributed by atoms with E-state index in [0.717, 1.165) is 6.29 Å². The number of rotatable bonds is 5. The fourth-order valence-corrected chi connectivity index (χ4v) is 0.733. The first-order valence-electron chi connectivity index (χ1n) is 5.06. The van der Waals surface area contributed by atoms with E-state index in [0.29, 0.717) is 11.3 Å². The Morgan fingerprint density at radius 3 is 2.13 bits per heavy atom. The van der Waals surface area contributed by atoms with Gasteiger partial charge in [0.25, 0.3) is 0 Å². The first-order valence-corrected chi connectivity index (χ1v) is 5.06. The lowest BCUT2D eigenvalue weighted by atomic mass is 10.2. The molecule has 0 saturated heterocycles. The standard InChI is InChI=1S/C10H16O3.C2H6/c1-8(7-11)5-10(13-4)6-9(2)12-3;1-2/h5-7,9H,1-4H3;1-2H3/b8-5+,10-6+;. The molecule has 0 aliphatic carbocycles. The number of carbonyl (C=O) groups is 1. The highest BCUT2D eigenvalue weighted by atomic mass is 16.5. The zero-order valence-corrected chi connectivity index (χ0v) is 10.5. The smallest absolute Gasteiger partial charge is 0.145 e. The molecule has 0 fully saturated rings. The number of allylic oxidation sites excluding steroid dienone is 2. The minimum atomic E-state index is -0.0225. The van der Waals surface area contributed by atoms with Gasteiger partial charge in [0, 0.05) is 7.11 Å². The van der Waals surface area contributed by atoms with Crippen molar-refractivity contribution in [3.63, 3.8) is 0 Å². The van der Waals surface area contributed by atoms with Gasteiger partial charge in [0.1, 0.15) is 12.0 Å². The first kappa shape index (κ1) is 16.3. The van der Waals surface area contributed by atoms with E-state index in [1.54, 1.807) is 33.3 Å². The number of carbonyl (C=O) groups excluding carboxylic acids is 1. The van der Waals surface area contributed by atoms with Gasteiger partial charge in [-0.15, -0.1) is 0 Å². The molecule has 0 aromatic rings. The summed E-state index contributed by atoms with van der Waals surface area (Å²) in [5, 5.41) is 0. The quantitative estimate of drug-likeness (QED) is 0.305. The molecule has 0 aliphatic rings. The molecule has 88 valence electrons. The molecule has 1 unspecified atom stereocenters. The molecule has 0 radical (unpaired) electrons. The van der Waals surface area contributed by atoms with E-state index >= 15 is 0 Å². The second-order valence-electron chi connectivity index (χ2n) is 2.72. The van der Waals surface area contributed by atoms with Crippen molar-refractivity contribution >= 4 is 6.29 Å². The first-order chi connectivity index (χ1) is 7.13. The number of hydrogen-bond acceptors (Lipinski definition) is 3. The largest absolute Gasteiger partial charge is 0.497 e. The maximum absolute atomic E-state index is 10.3. The minimum absolute atomic E-state index is 0.0225. The van der Waals surface area contributed by atoms with Crippen molar-refractivity contribution in [2.24, 2.45) is 0 Å². The lowest BCUT2D eigenvalue weighted by molar-refractivity contribution is -0.104. The van der Waals surface area contributed by atoms with E-state index in [4.69, 9.17) is 9.47 Å². The van der Waals surface area contributed by atoms with Gasteiger partial charge in [0.05, 0.1) is 13.2 Å². The fraction of sp³-hybridized carbons (Fsp3) is 0.583. The van der Waals surface area contributed by atoms with Crippen LogP contribution in [0.2, 0.25) is 0 Å². The molecule has 1 atom stereocenters. The van der Waals surface area contributed by atoms with Gasteiger partial charge in [-0.3, -0.25) is 4.79 Å². The molecule has 0 N–H and O–H groups in total. The van der Waals surface area contributed by atoms with Gasteiger partial charge in [-0.05, 0) is 31.6 Å². The molecule has 0 aromatic heterocycles. The molecular weight excluding hydrogens is 192 g/mol. The molecule has 3 heteroatoms. The van der Waals surface area contributed by atoms with Crippen molar-refractivity contribution in [1.29, 1.82) is 0 Å². The molecule has 3 nitrogen and oxygen atoms in total. The zero-order valence-electron chi connectivity index (χ0n) is 10.5. The van der Waals surface area contributed by atoms with E-state index < -0.39 is 0 Å². The Kier molecular flexibility index (Phi) is 12.0. The summed E-state index contributed by atoms with van der Waals surface area (Å²) in [6.45, 7) is 7.61. The van der Waals surface area contributed by atoms with Gasteiger partial charge in [-0.25, -0.2) is 0 Å². The molecule has 0 saturated carbocycles. The van der Waals surface area contributed by atoms with Crippen molar-refractivity contribution in [2.45, 2.75) is 33.8 Å². The van der Waals surface area contributed by atoms with Gasteiger partial charge in [-0.1, -0.05) is 13.8 Å². The van der Waals surface area contributed by atoms with Crippen molar-refractivity contribution in [2.75, 3.05) is 14.2 Å². The Hall–Kier alpha value is -1.09. The van der Waals surface area contributed by atoms with Crippen LogP contribution in [0.5, 0.6) is 0 Å². The van der Waals surface area contributed by atoms with Crippen LogP contribution in [0.15, 0.2) is 23.5 Å². The predicted octanol–water partition coefficient (Wildman–Crippen LogP) is 2.72. The average molecular weight is 214 g/mol. The lowest BCUT2D eigenvalue weighted by Gasteiger charge is -2.06. The number of methoxy groups -OCH3 is 2.